The first kappa shape index (κ1) is 17.4. The lowest BCUT2D eigenvalue weighted by Gasteiger charge is -1.81. The Labute approximate surface area is 131 Å². The molecule has 0 aliphatic rings. The number of rotatable bonds is 0. The molecule has 2 N–H and O–H groups in total. The fraction of sp³-hybridized carbons (Fsp3) is 0.222. The molecular weight excluding hydrogens is 272 g/mol. The number of nitrogens with zero attached hydrogens (tertiary/aromatic N) is 2. The minimum absolute atomic E-state index is 1.03. The maximum Gasteiger partial charge on any atom is 0.0931 e. The summed E-state index contributed by atoms with van der Waals surface area (Å²) in [6, 6.07) is 15.9. The second kappa shape index (κ2) is 10.2. The fourth-order valence-electron chi connectivity index (χ4n) is 1.76. The van der Waals surface area contributed by atoms with Crippen LogP contribution in [-0.2, 0) is 0 Å². The van der Waals surface area contributed by atoms with Crippen molar-refractivity contribution in [1.82, 2.24) is 19.9 Å². The van der Waals surface area contributed by atoms with Crippen molar-refractivity contribution in [3.8, 4) is 0 Å². The molecule has 0 fully saturated rings. The minimum Gasteiger partial charge on any atom is -0.345 e. The van der Waals surface area contributed by atoms with Crippen LogP contribution in [0.1, 0.15) is 27.7 Å². The van der Waals surface area contributed by atoms with Crippen LogP contribution < -0.4 is 0 Å². The van der Waals surface area contributed by atoms with Crippen molar-refractivity contribution in [2.75, 3.05) is 0 Å². The van der Waals surface area contributed by atoms with E-state index in [9.17, 15) is 0 Å². The van der Waals surface area contributed by atoms with Gasteiger partial charge in [0, 0.05) is 0 Å². The molecule has 4 nitrogen and oxygen atoms in total. The largest absolute Gasteiger partial charge is 0.345 e. The van der Waals surface area contributed by atoms with Crippen LogP contribution in [0.25, 0.3) is 22.1 Å². The maximum atomic E-state index is 4.06. The van der Waals surface area contributed by atoms with Crippen LogP contribution in [0.2, 0.25) is 0 Å². The van der Waals surface area contributed by atoms with Crippen molar-refractivity contribution in [2.45, 2.75) is 27.7 Å². The molecule has 0 radical (unpaired) electrons. The van der Waals surface area contributed by atoms with Crippen molar-refractivity contribution >= 4 is 22.1 Å². The summed E-state index contributed by atoms with van der Waals surface area (Å²) >= 11 is 0. The van der Waals surface area contributed by atoms with Crippen LogP contribution in [0, 0.1) is 0 Å². The number of nitrogens with one attached hydrogen (secondary N) is 2. The van der Waals surface area contributed by atoms with Gasteiger partial charge in [0.15, 0.2) is 0 Å². The van der Waals surface area contributed by atoms with Gasteiger partial charge in [-0.05, 0) is 24.3 Å². The minimum atomic E-state index is 1.03. The Hall–Kier alpha value is -2.62. The molecule has 0 aliphatic heterocycles. The number of hydrogen-bond donors (Lipinski definition) is 2. The summed E-state index contributed by atoms with van der Waals surface area (Å²) in [6.45, 7) is 8.00. The van der Waals surface area contributed by atoms with Crippen LogP contribution in [0.5, 0.6) is 0 Å². The smallest absolute Gasteiger partial charge is 0.0931 e. The third kappa shape index (κ3) is 4.74. The van der Waals surface area contributed by atoms with E-state index >= 15 is 0 Å². The fourth-order valence-corrected chi connectivity index (χ4v) is 1.76. The lowest BCUT2D eigenvalue weighted by molar-refractivity contribution is 1.34. The third-order valence-electron chi connectivity index (χ3n) is 2.66. The number of imidazole rings is 2. The highest BCUT2D eigenvalue weighted by Gasteiger charge is 1.89. The van der Waals surface area contributed by atoms with Gasteiger partial charge in [-0.25, -0.2) is 9.97 Å². The molecule has 116 valence electrons. The lowest BCUT2D eigenvalue weighted by Crippen LogP contribution is -1.63. The van der Waals surface area contributed by atoms with E-state index in [0.717, 1.165) is 22.1 Å². The SMILES string of the molecule is CC.CC.c1ccc2[nH]cnc2c1.c1ccc2[nH]cnc2c1. The topological polar surface area (TPSA) is 57.4 Å². The zero-order valence-corrected chi connectivity index (χ0v) is 13.7. The normalized spacial score (nSPS) is 8.91. The van der Waals surface area contributed by atoms with Gasteiger partial charge in [0.25, 0.3) is 0 Å². The highest BCUT2D eigenvalue weighted by molar-refractivity contribution is 5.74. The lowest BCUT2D eigenvalue weighted by atomic mass is 10.3. The first-order valence-corrected chi connectivity index (χ1v) is 7.70. The predicted molar refractivity (Wildman–Crippen MR) is 94.9 cm³/mol. The van der Waals surface area contributed by atoms with Crippen LogP contribution in [0.15, 0.2) is 61.2 Å². The second-order valence-corrected chi connectivity index (χ2v) is 3.84. The Morgan fingerprint density at radius 1 is 0.591 bits per heavy atom. The van der Waals surface area contributed by atoms with E-state index in [2.05, 4.69) is 19.9 Å². The van der Waals surface area contributed by atoms with Gasteiger partial charge < -0.3 is 9.97 Å². The average Bonchev–Trinajstić information content (AvgIpc) is 3.28. The summed E-state index contributed by atoms with van der Waals surface area (Å²) in [5.74, 6) is 0. The van der Waals surface area contributed by atoms with Gasteiger partial charge in [-0.15, -0.1) is 0 Å². The highest BCUT2D eigenvalue weighted by Crippen LogP contribution is 2.06. The molecule has 4 heteroatoms. The standard InChI is InChI=1S/2C7H6N2.2C2H6/c2*1-2-4-7-6(3-1)8-5-9-7;2*1-2/h2*1-5H,(H,8,9);2*1-2H3. The van der Waals surface area contributed by atoms with Crippen LogP contribution in [0.4, 0.5) is 0 Å². The van der Waals surface area contributed by atoms with Crippen molar-refractivity contribution in [3.05, 3.63) is 61.2 Å². The number of benzene rings is 2. The summed E-state index contributed by atoms with van der Waals surface area (Å²) in [6.07, 6.45) is 3.40. The zero-order chi connectivity index (χ0) is 16.2. The van der Waals surface area contributed by atoms with E-state index in [1.807, 2.05) is 76.2 Å². The van der Waals surface area contributed by atoms with Gasteiger partial charge in [-0.2, -0.15) is 0 Å². The number of para-hydroxylation sites is 4. The van der Waals surface area contributed by atoms with Gasteiger partial charge in [0.1, 0.15) is 0 Å². The van der Waals surface area contributed by atoms with Crippen molar-refractivity contribution in [1.29, 1.82) is 0 Å². The van der Waals surface area contributed by atoms with Crippen LogP contribution in [0.3, 0.4) is 0 Å². The molecule has 0 unspecified atom stereocenters. The number of fused-ring (bicyclic) bond motifs is 2. The van der Waals surface area contributed by atoms with E-state index in [-0.39, 0.29) is 0 Å². The number of hydrogen-bond acceptors (Lipinski definition) is 2. The molecule has 2 heterocycles. The first-order chi connectivity index (χ1) is 10.9. The zero-order valence-electron chi connectivity index (χ0n) is 13.7. The first-order valence-electron chi connectivity index (χ1n) is 7.70. The predicted octanol–water partition coefficient (Wildman–Crippen LogP) is 5.18. The molecule has 4 aromatic rings. The number of aromatic nitrogens is 4. The number of aromatic amines is 2. The molecule has 0 atom stereocenters. The van der Waals surface area contributed by atoms with E-state index in [1.165, 1.54) is 0 Å². The molecule has 0 spiro atoms. The van der Waals surface area contributed by atoms with E-state index in [0.29, 0.717) is 0 Å². The molecule has 4 rings (SSSR count). The molecule has 22 heavy (non-hydrogen) atoms. The van der Waals surface area contributed by atoms with E-state index in [1.54, 1.807) is 12.7 Å². The molecule has 2 aromatic carbocycles. The molecule has 0 bridgehead atoms. The van der Waals surface area contributed by atoms with Crippen molar-refractivity contribution in [2.24, 2.45) is 0 Å². The Morgan fingerprint density at radius 2 is 0.955 bits per heavy atom. The molecule has 0 amide bonds. The third-order valence-corrected chi connectivity index (χ3v) is 2.66. The molecule has 0 aliphatic carbocycles. The van der Waals surface area contributed by atoms with E-state index in [4.69, 9.17) is 0 Å². The highest BCUT2D eigenvalue weighted by atomic mass is 14.9. The Balaban J connectivity index is 0.000000180. The van der Waals surface area contributed by atoms with Gasteiger partial charge in [0.05, 0.1) is 34.7 Å². The Morgan fingerprint density at radius 3 is 1.32 bits per heavy atom. The van der Waals surface area contributed by atoms with Gasteiger partial charge in [-0.1, -0.05) is 52.0 Å². The van der Waals surface area contributed by atoms with Gasteiger partial charge in [0.2, 0.25) is 0 Å². The van der Waals surface area contributed by atoms with Gasteiger partial charge in [-0.3, -0.25) is 0 Å². The van der Waals surface area contributed by atoms with Crippen LogP contribution in [-0.4, -0.2) is 19.9 Å². The Kier molecular flexibility index (Phi) is 8.05. The Bertz CT molecular complexity index is 629. The van der Waals surface area contributed by atoms with Crippen molar-refractivity contribution < 1.29 is 0 Å². The molecule has 2 aromatic heterocycles. The summed E-state index contributed by atoms with van der Waals surface area (Å²) in [4.78, 5) is 14.1. The van der Waals surface area contributed by atoms with Crippen molar-refractivity contribution in [3.63, 3.8) is 0 Å². The monoisotopic (exact) mass is 296 g/mol. The molecular formula is C18H24N4. The summed E-state index contributed by atoms with van der Waals surface area (Å²) in [5.41, 5.74) is 4.24. The molecule has 0 saturated carbocycles. The van der Waals surface area contributed by atoms with E-state index < -0.39 is 0 Å². The summed E-state index contributed by atoms with van der Waals surface area (Å²) < 4.78 is 0. The average molecular weight is 296 g/mol. The molecule has 0 saturated heterocycles. The summed E-state index contributed by atoms with van der Waals surface area (Å²) in [7, 11) is 0. The van der Waals surface area contributed by atoms with Gasteiger partial charge >= 0.3 is 0 Å². The summed E-state index contributed by atoms with van der Waals surface area (Å²) in [5, 5.41) is 0. The number of H-pyrrole nitrogens is 2. The second-order valence-electron chi connectivity index (χ2n) is 3.84. The quantitative estimate of drug-likeness (QED) is 0.470. The van der Waals surface area contributed by atoms with Crippen LogP contribution >= 0.6 is 0 Å². The maximum absolute atomic E-state index is 4.06.